The molecule has 0 spiro atoms. The Morgan fingerprint density at radius 3 is 2.71 bits per heavy atom. The molecule has 3 heteroatoms. The number of rotatable bonds is 3. The van der Waals surface area contributed by atoms with Gasteiger partial charge in [0.2, 0.25) is 0 Å². The Kier molecular flexibility index (Phi) is 3.64. The van der Waals surface area contributed by atoms with Gasteiger partial charge in [-0.3, -0.25) is 4.79 Å². The van der Waals surface area contributed by atoms with E-state index in [1.54, 1.807) is 6.92 Å². The Morgan fingerprint density at radius 1 is 1.57 bits per heavy atom. The highest BCUT2D eigenvalue weighted by Crippen LogP contribution is 2.18. The monoisotopic (exact) mass is 214 g/mol. The quantitative estimate of drug-likeness (QED) is 0.701. The summed E-state index contributed by atoms with van der Waals surface area (Å²) in [6.07, 6.45) is 0.709. The van der Waals surface area contributed by atoms with Gasteiger partial charge in [-0.2, -0.15) is 0 Å². The maximum Gasteiger partial charge on any atom is 0.168 e. The highest BCUT2D eigenvalue weighted by atomic mass is 35.5. The highest BCUT2D eigenvalue weighted by Gasteiger charge is 2.16. The molecule has 0 amide bonds. The second-order valence-corrected chi connectivity index (χ2v) is 3.73. The molecule has 0 fully saturated rings. The van der Waals surface area contributed by atoms with Crippen molar-refractivity contribution >= 4 is 17.4 Å². The van der Waals surface area contributed by atoms with Gasteiger partial charge >= 0.3 is 0 Å². The summed E-state index contributed by atoms with van der Waals surface area (Å²) >= 11 is 5.58. The molecule has 0 aliphatic carbocycles. The van der Waals surface area contributed by atoms with E-state index in [0.29, 0.717) is 11.4 Å². The molecule has 0 bridgehead atoms. The molecule has 1 rings (SSSR count). The Labute approximate surface area is 87.9 Å². The number of hydrogen-bond acceptors (Lipinski definition) is 1. The van der Waals surface area contributed by atoms with Crippen LogP contribution in [0.1, 0.15) is 30.6 Å². The van der Waals surface area contributed by atoms with Crippen LogP contribution in [0.15, 0.2) is 18.2 Å². The number of halogens is 2. The lowest BCUT2D eigenvalue weighted by atomic mass is 9.97. The van der Waals surface area contributed by atoms with E-state index in [9.17, 15) is 9.18 Å². The second-order valence-electron chi connectivity index (χ2n) is 3.30. The SMILES string of the molecule is CCC(C)C(=O)c1ccc(Cl)cc1F. The first-order valence-corrected chi connectivity index (χ1v) is 4.93. The number of Topliss-reactive ketones (excluding diaryl/α,β-unsaturated/α-hetero) is 1. The van der Waals surface area contributed by atoms with E-state index in [1.807, 2.05) is 6.92 Å². The van der Waals surface area contributed by atoms with Crippen molar-refractivity contribution in [3.05, 3.63) is 34.6 Å². The van der Waals surface area contributed by atoms with E-state index < -0.39 is 5.82 Å². The van der Waals surface area contributed by atoms with Crippen molar-refractivity contribution < 1.29 is 9.18 Å². The van der Waals surface area contributed by atoms with Crippen LogP contribution in [0.5, 0.6) is 0 Å². The van der Waals surface area contributed by atoms with Gasteiger partial charge in [0.1, 0.15) is 5.82 Å². The van der Waals surface area contributed by atoms with Crippen LogP contribution in [0.3, 0.4) is 0 Å². The lowest BCUT2D eigenvalue weighted by Gasteiger charge is -2.08. The molecule has 0 heterocycles. The van der Waals surface area contributed by atoms with E-state index >= 15 is 0 Å². The fraction of sp³-hybridized carbons (Fsp3) is 0.364. The minimum Gasteiger partial charge on any atom is -0.294 e. The normalized spacial score (nSPS) is 12.6. The van der Waals surface area contributed by atoms with Crippen molar-refractivity contribution in [3.63, 3.8) is 0 Å². The van der Waals surface area contributed by atoms with Gasteiger partial charge in [-0.1, -0.05) is 25.4 Å². The molecule has 0 N–H and O–H groups in total. The first-order chi connectivity index (χ1) is 6.56. The average Bonchev–Trinajstić information content (AvgIpc) is 2.15. The largest absolute Gasteiger partial charge is 0.294 e. The molecule has 0 aliphatic heterocycles. The third-order valence-corrected chi connectivity index (χ3v) is 2.49. The van der Waals surface area contributed by atoms with E-state index in [2.05, 4.69) is 0 Å². The van der Waals surface area contributed by atoms with Crippen molar-refractivity contribution in [2.45, 2.75) is 20.3 Å². The standard InChI is InChI=1S/C11H12ClFO/c1-3-7(2)11(14)9-5-4-8(12)6-10(9)13/h4-7H,3H2,1-2H3. The van der Waals surface area contributed by atoms with Crippen LogP contribution >= 0.6 is 11.6 Å². The fourth-order valence-electron chi connectivity index (χ4n) is 1.14. The molecular weight excluding hydrogens is 203 g/mol. The maximum absolute atomic E-state index is 13.3. The van der Waals surface area contributed by atoms with Gasteiger partial charge in [0.15, 0.2) is 5.78 Å². The van der Waals surface area contributed by atoms with E-state index in [-0.39, 0.29) is 17.3 Å². The average molecular weight is 215 g/mol. The number of ketones is 1. The maximum atomic E-state index is 13.3. The smallest absolute Gasteiger partial charge is 0.168 e. The van der Waals surface area contributed by atoms with Crippen LogP contribution in [0.2, 0.25) is 5.02 Å². The molecule has 1 unspecified atom stereocenters. The summed E-state index contributed by atoms with van der Waals surface area (Å²) in [6.45, 7) is 3.69. The Balaban J connectivity index is 3.02. The molecule has 0 aromatic heterocycles. The first kappa shape index (κ1) is 11.2. The molecular formula is C11H12ClFO. The van der Waals surface area contributed by atoms with Crippen LogP contribution in [-0.4, -0.2) is 5.78 Å². The minimum atomic E-state index is -0.539. The van der Waals surface area contributed by atoms with Gasteiger partial charge in [-0.25, -0.2) is 4.39 Å². The summed E-state index contributed by atoms with van der Waals surface area (Å²) in [4.78, 5) is 11.6. The molecule has 76 valence electrons. The Morgan fingerprint density at radius 2 is 2.21 bits per heavy atom. The van der Waals surface area contributed by atoms with Gasteiger partial charge in [0, 0.05) is 10.9 Å². The summed E-state index contributed by atoms with van der Waals surface area (Å²) in [7, 11) is 0. The predicted octanol–water partition coefficient (Wildman–Crippen LogP) is 3.71. The predicted molar refractivity (Wildman–Crippen MR) is 55.2 cm³/mol. The summed E-state index contributed by atoms with van der Waals surface area (Å²) in [5.41, 5.74) is 0.128. The summed E-state index contributed by atoms with van der Waals surface area (Å²) in [5, 5.41) is 0.309. The second kappa shape index (κ2) is 4.56. The van der Waals surface area contributed by atoms with E-state index in [4.69, 9.17) is 11.6 Å². The van der Waals surface area contributed by atoms with Gasteiger partial charge in [0.25, 0.3) is 0 Å². The first-order valence-electron chi connectivity index (χ1n) is 4.55. The van der Waals surface area contributed by atoms with E-state index in [1.165, 1.54) is 12.1 Å². The molecule has 1 nitrogen and oxygen atoms in total. The fourth-order valence-corrected chi connectivity index (χ4v) is 1.30. The summed E-state index contributed by atoms with van der Waals surface area (Å²) in [6, 6.07) is 4.13. The van der Waals surface area contributed by atoms with Gasteiger partial charge in [-0.05, 0) is 24.6 Å². The number of carbonyl (C=O) groups excluding carboxylic acids is 1. The number of benzene rings is 1. The van der Waals surface area contributed by atoms with Gasteiger partial charge < -0.3 is 0 Å². The van der Waals surface area contributed by atoms with Crippen LogP contribution in [-0.2, 0) is 0 Å². The van der Waals surface area contributed by atoms with Crippen molar-refractivity contribution in [2.24, 2.45) is 5.92 Å². The van der Waals surface area contributed by atoms with Crippen LogP contribution in [0, 0.1) is 11.7 Å². The molecule has 14 heavy (non-hydrogen) atoms. The van der Waals surface area contributed by atoms with Gasteiger partial charge in [-0.15, -0.1) is 0 Å². The topological polar surface area (TPSA) is 17.1 Å². The summed E-state index contributed by atoms with van der Waals surface area (Å²) in [5.74, 6) is -0.852. The van der Waals surface area contributed by atoms with Gasteiger partial charge in [0.05, 0.1) is 5.56 Å². The molecule has 0 radical (unpaired) electrons. The van der Waals surface area contributed by atoms with Crippen molar-refractivity contribution in [1.82, 2.24) is 0 Å². The molecule has 0 aliphatic rings. The van der Waals surface area contributed by atoms with Crippen LogP contribution < -0.4 is 0 Å². The summed E-state index contributed by atoms with van der Waals surface area (Å²) < 4.78 is 13.3. The molecule has 0 saturated heterocycles. The van der Waals surface area contributed by atoms with E-state index in [0.717, 1.165) is 6.07 Å². The highest BCUT2D eigenvalue weighted by molar-refractivity contribution is 6.30. The van der Waals surface area contributed by atoms with Crippen molar-refractivity contribution in [1.29, 1.82) is 0 Å². The molecule has 1 atom stereocenters. The third kappa shape index (κ3) is 2.32. The zero-order valence-corrected chi connectivity index (χ0v) is 8.94. The Bertz CT molecular complexity index is 349. The zero-order valence-electron chi connectivity index (χ0n) is 8.18. The lowest BCUT2D eigenvalue weighted by molar-refractivity contribution is 0.0923. The molecule has 0 saturated carbocycles. The van der Waals surface area contributed by atoms with Crippen molar-refractivity contribution in [3.8, 4) is 0 Å². The Hall–Kier alpha value is -0.890. The lowest BCUT2D eigenvalue weighted by Crippen LogP contribution is -2.11. The zero-order chi connectivity index (χ0) is 10.7. The number of carbonyl (C=O) groups is 1. The van der Waals surface area contributed by atoms with Crippen LogP contribution in [0.25, 0.3) is 0 Å². The third-order valence-electron chi connectivity index (χ3n) is 2.26. The van der Waals surface area contributed by atoms with Crippen LogP contribution in [0.4, 0.5) is 4.39 Å². The minimum absolute atomic E-state index is 0.128. The molecule has 1 aromatic carbocycles. The van der Waals surface area contributed by atoms with Crippen molar-refractivity contribution in [2.75, 3.05) is 0 Å². The molecule has 1 aromatic rings. The number of hydrogen-bond donors (Lipinski definition) is 0.